The Kier molecular flexibility index (Phi) is 5.30. The number of halogens is 2. The Morgan fingerprint density at radius 1 is 1.29 bits per heavy atom. The first-order valence-corrected chi connectivity index (χ1v) is 7.49. The van der Waals surface area contributed by atoms with Crippen LogP contribution in [0.1, 0.15) is 19.4 Å². The van der Waals surface area contributed by atoms with Crippen molar-refractivity contribution < 1.29 is 8.78 Å². The van der Waals surface area contributed by atoms with Crippen LogP contribution in [-0.4, -0.2) is 21.3 Å². The van der Waals surface area contributed by atoms with Crippen LogP contribution in [0.5, 0.6) is 0 Å². The van der Waals surface area contributed by atoms with Crippen LogP contribution in [-0.2, 0) is 13.6 Å². The van der Waals surface area contributed by atoms with Crippen LogP contribution in [0.25, 0.3) is 0 Å². The molecular weight excluding hydrogens is 294 g/mol. The van der Waals surface area contributed by atoms with Gasteiger partial charge in [0.15, 0.2) is 5.16 Å². The molecule has 1 heterocycles. The third-order valence-electron chi connectivity index (χ3n) is 2.80. The monoisotopic (exact) mass is 312 g/mol. The number of nitrogens with one attached hydrogen (secondary N) is 1. The van der Waals surface area contributed by atoms with Crippen LogP contribution >= 0.6 is 11.8 Å². The zero-order chi connectivity index (χ0) is 15.4. The highest BCUT2D eigenvalue weighted by atomic mass is 32.2. The summed E-state index contributed by atoms with van der Waals surface area (Å²) in [5.41, 5.74) is 0.591. The Hall–Kier alpha value is -1.47. The van der Waals surface area contributed by atoms with Crippen molar-refractivity contribution in [2.45, 2.75) is 30.4 Å². The molecule has 114 valence electrons. The second-order valence-electron chi connectivity index (χ2n) is 5.24. The van der Waals surface area contributed by atoms with Crippen LogP contribution in [0.4, 0.5) is 8.78 Å². The van der Waals surface area contributed by atoms with Crippen molar-refractivity contribution in [2.75, 3.05) is 6.54 Å². The van der Waals surface area contributed by atoms with E-state index in [9.17, 15) is 8.78 Å². The van der Waals surface area contributed by atoms with Gasteiger partial charge < -0.3 is 9.88 Å². The first kappa shape index (κ1) is 15.9. The number of aromatic nitrogens is 3. The maximum absolute atomic E-state index is 14.1. The lowest BCUT2D eigenvalue weighted by Crippen LogP contribution is -2.19. The number of aryl methyl sites for hydroxylation is 1. The number of hydrogen-bond donors (Lipinski definition) is 1. The normalized spacial score (nSPS) is 11.3. The van der Waals surface area contributed by atoms with Gasteiger partial charge in [-0.05, 0) is 41.9 Å². The van der Waals surface area contributed by atoms with Gasteiger partial charge in [-0.1, -0.05) is 13.8 Å². The molecule has 4 nitrogen and oxygen atoms in total. The van der Waals surface area contributed by atoms with Gasteiger partial charge in [-0.3, -0.25) is 0 Å². The van der Waals surface area contributed by atoms with Crippen molar-refractivity contribution >= 4 is 11.8 Å². The van der Waals surface area contributed by atoms with Crippen LogP contribution in [0.15, 0.2) is 28.5 Å². The number of rotatable bonds is 6. The molecule has 0 radical (unpaired) electrons. The van der Waals surface area contributed by atoms with E-state index < -0.39 is 11.6 Å². The third kappa shape index (κ3) is 4.25. The Morgan fingerprint density at radius 2 is 1.95 bits per heavy atom. The van der Waals surface area contributed by atoms with Gasteiger partial charge in [-0.15, -0.1) is 10.2 Å². The molecule has 0 bridgehead atoms. The average molecular weight is 312 g/mol. The molecule has 0 saturated heterocycles. The molecule has 0 spiro atoms. The summed E-state index contributed by atoms with van der Waals surface area (Å²) in [4.78, 5) is -0.0568. The highest BCUT2D eigenvalue weighted by Gasteiger charge is 2.15. The van der Waals surface area contributed by atoms with Crippen LogP contribution in [0.3, 0.4) is 0 Å². The molecule has 2 rings (SSSR count). The van der Waals surface area contributed by atoms with Crippen LogP contribution in [0.2, 0.25) is 0 Å². The van der Waals surface area contributed by atoms with E-state index in [0.29, 0.717) is 23.2 Å². The van der Waals surface area contributed by atoms with Crippen molar-refractivity contribution in [3.05, 3.63) is 35.7 Å². The summed E-state index contributed by atoms with van der Waals surface area (Å²) in [5.74, 6) is -0.667. The smallest absolute Gasteiger partial charge is 0.195 e. The topological polar surface area (TPSA) is 42.7 Å². The molecule has 0 atom stereocenters. The summed E-state index contributed by atoms with van der Waals surface area (Å²) >= 11 is 0.931. The number of nitrogens with zero attached hydrogens (tertiary/aromatic N) is 3. The highest BCUT2D eigenvalue weighted by molar-refractivity contribution is 7.99. The second-order valence-corrected chi connectivity index (χ2v) is 6.22. The summed E-state index contributed by atoms with van der Waals surface area (Å²) in [6.45, 7) is 5.41. The lowest BCUT2D eigenvalue weighted by Gasteiger charge is -2.10. The molecule has 2 aromatic rings. The Labute approximate surface area is 127 Å². The van der Waals surface area contributed by atoms with E-state index in [4.69, 9.17) is 0 Å². The average Bonchev–Trinajstić information content (AvgIpc) is 2.79. The minimum atomic E-state index is -0.579. The minimum Gasteiger partial charge on any atom is -0.312 e. The van der Waals surface area contributed by atoms with Gasteiger partial charge in [0.25, 0.3) is 0 Å². The Bertz CT molecular complexity index is 590. The number of benzene rings is 1. The van der Waals surface area contributed by atoms with Crippen molar-refractivity contribution in [2.24, 2.45) is 13.0 Å². The molecule has 0 saturated carbocycles. The fraction of sp³-hybridized carbons (Fsp3) is 0.429. The zero-order valence-corrected chi connectivity index (χ0v) is 13.0. The minimum absolute atomic E-state index is 0.0568. The van der Waals surface area contributed by atoms with Gasteiger partial charge in [0.05, 0.1) is 4.90 Å². The van der Waals surface area contributed by atoms with Crippen LogP contribution in [0, 0.1) is 17.6 Å². The molecule has 0 aliphatic rings. The summed E-state index contributed by atoms with van der Waals surface area (Å²) in [6.07, 6.45) is 1.49. The maximum atomic E-state index is 14.1. The molecule has 0 aliphatic heterocycles. The summed E-state index contributed by atoms with van der Waals surface area (Å²) in [6, 6.07) is 2.71. The summed E-state index contributed by atoms with van der Waals surface area (Å²) in [5, 5.41) is 11.1. The Morgan fingerprint density at radius 3 is 2.48 bits per heavy atom. The predicted octanol–water partition coefficient (Wildman–Crippen LogP) is 2.99. The van der Waals surface area contributed by atoms with E-state index in [1.807, 2.05) is 0 Å². The second kappa shape index (κ2) is 7.00. The molecule has 21 heavy (non-hydrogen) atoms. The fourth-order valence-electron chi connectivity index (χ4n) is 1.77. The largest absolute Gasteiger partial charge is 0.312 e. The van der Waals surface area contributed by atoms with Crippen molar-refractivity contribution in [1.29, 1.82) is 0 Å². The maximum Gasteiger partial charge on any atom is 0.195 e. The molecule has 0 aliphatic carbocycles. The van der Waals surface area contributed by atoms with E-state index in [1.165, 1.54) is 18.5 Å². The van der Waals surface area contributed by atoms with E-state index in [0.717, 1.165) is 18.3 Å². The highest BCUT2D eigenvalue weighted by Crippen LogP contribution is 2.31. The zero-order valence-electron chi connectivity index (χ0n) is 12.2. The van der Waals surface area contributed by atoms with Gasteiger partial charge in [-0.2, -0.15) is 0 Å². The molecule has 0 unspecified atom stereocenters. The lowest BCUT2D eigenvalue weighted by molar-refractivity contribution is 0.525. The lowest BCUT2D eigenvalue weighted by atomic mass is 10.2. The standard InChI is InChI=1S/C14H18F2N4S/c1-9(2)6-17-7-10-4-11(15)13(12(16)5-10)21-14-19-18-8-20(14)3/h4-5,8-9,17H,6-7H2,1-3H3. The third-order valence-corrected chi connectivity index (χ3v) is 3.95. The van der Waals surface area contributed by atoms with E-state index in [-0.39, 0.29) is 4.90 Å². The summed E-state index contributed by atoms with van der Waals surface area (Å²) < 4.78 is 29.8. The molecule has 7 heteroatoms. The quantitative estimate of drug-likeness (QED) is 0.890. The first-order chi connectivity index (χ1) is 9.97. The van der Waals surface area contributed by atoms with Crippen molar-refractivity contribution in [1.82, 2.24) is 20.1 Å². The molecule has 0 amide bonds. The SMILES string of the molecule is CC(C)CNCc1cc(F)c(Sc2nncn2C)c(F)c1. The molecule has 1 N–H and O–H groups in total. The van der Waals surface area contributed by atoms with Gasteiger partial charge >= 0.3 is 0 Å². The first-order valence-electron chi connectivity index (χ1n) is 6.68. The number of hydrogen-bond acceptors (Lipinski definition) is 4. The van der Waals surface area contributed by atoms with Crippen molar-refractivity contribution in [3.8, 4) is 0 Å². The van der Waals surface area contributed by atoms with E-state index in [1.54, 1.807) is 11.6 Å². The summed E-state index contributed by atoms with van der Waals surface area (Å²) in [7, 11) is 1.72. The fourth-order valence-corrected chi connectivity index (χ4v) is 2.55. The molecular formula is C14H18F2N4S. The van der Waals surface area contributed by atoms with Gasteiger partial charge in [0.1, 0.15) is 18.0 Å². The van der Waals surface area contributed by atoms with Gasteiger partial charge in [0, 0.05) is 13.6 Å². The van der Waals surface area contributed by atoms with Gasteiger partial charge in [-0.25, -0.2) is 8.78 Å². The predicted molar refractivity (Wildman–Crippen MR) is 78.0 cm³/mol. The van der Waals surface area contributed by atoms with E-state index in [2.05, 4.69) is 29.4 Å². The molecule has 0 fully saturated rings. The van der Waals surface area contributed by atoms with Crippen molar-refractivity contribution in [3.63, 3.8) is 0 Å². The van der Waals surface area contributed by atoms with Crippen LogP contribution < -0.4 is 5.32 Å². The molecule has 1 aromatic heterocycles. The van der Waals surface area contributed by atoms with Gasteiger partial charge in [0.2, 0.25) is 0 Å². The van der Waals surface area contributed by atoms with E-state index >= 15 is 0 Å². The Balaban J connectivity index is 2.12. The molecule has 1 aromatic carbocycles.